The van der Waals surface area contributed by atoms with E-state index < -0.39 is 0 Å². The van der Waals surface area contributed by atoms with Crippen molar-refractivity contribution < 1.29 is 4.74 Å². The molecule has 0 bridgehead atoms. The van der Waals surface area contributed by atoms with Crippen LogP contribution >= 0.6 is 0 Å². The van der Waals surface area contributed by atoms with E-state index in [2.05, 4.69) is 44.3 Å². The van der Waals surface area contributed by atoms with Crippen molar-refractivity contribution in [2.75, 3.05) is 11.9 Å². The minimum atomic E-state index is 0.394. The standard InChI is InChI=1S/C19H29NO/c1-4-21-18-13-17(19(18)10-6-5-7-11-19)20-16-9-8-14(2)12-15(16)3/h8-9,12,17-18,20H,4-7,10-11,13H2,1-3H3. The second-order valence-corrected chi connectivity index (χ2v) is 6.99. The van der Waals surface area contributed by atoms with E-state index in [4.69, 9.17) is 4.74 Å². The molecule has 2 unspecified atom stereocenters. The molecule has 0 amide bonds. The number of hydrogen-bond donors (Lipinski definition) is 1. The Hall–Kier alpha value is -1.02. The van der Waals surface area contributed by atoms with Gasteiger partial charge < -0.3 is 10.1 Å². The van der Waals surface area contributed by atoms with Gasteiger partial charge in [0.05, 0.1) is 6.10 Å². The summed E-state index contributed by atoms with van der Waals surface area (Å²) in [4.78, 5) is 0. The molecule has 116 valence electrons. The van der Waals surface area contributed by atoms with Crippen molar-refractivity contribution >= 4 is 5.69 Å². The number of nitrogens with one attached hydrogen (secondary N) is 1. The number of aryl methyl sites for hydroxylation is 2. The summed E-state index contributed by atoms with van der Waals surface area (Å²) in [5, 5.41) is 3.84. The Bertz CT molecular complexity index is 490. The number of anilines is 1. The first-order valence-corrected chi connectivity index (χ1v) is 8.61. The average Bonchev–Trinajstić information content (AvgIpc) is 2.49. The quantitative estimate of drug-likeness (QED) is 0.855. The van der Waals surface area contributed by atoms with Crippen LogP contribution in [0.3, 0.4) is 0 Å². The number of ether oxygens (including phenoxy) is 1. The van der Waals surface area contributed by atoms with Gasteiger partial charge in [0.25, 0.3) is 0 Å². The zero-order chi connectivity index (χ0) is 14.9. The topological polar surface area (TPSA) is 21.3 Å². The van der Waals surface area contributed by atoms with Crippen molar-refractivity contribution in [3.63, 3.8) is 0 Å². The minimum absolute atomic E-state index is 0.394. The molecule has 0 aromatic heterocycles. The van der Waals surface area contributed by atoms with Crippen LogP contribution in [0.25, 0.3) is 0 Å². The Labute approximate surface area is 129 Å². The normalized spacial score (nSPS) is 27.4. The third-order valence-corrected chi connectivity index (χ3v) is 5.65. The molecule has 3 rings (SSSR count). The molecule has 2 aliphatic carbocycles. The van der Waals surface area contributed by atoms with Gasteiger partial charge in [0.1, 0.15) is 0 Å². The molecule has 2 fully saturated rings. The van der Waals surface area contributed by atoms with Crippen molar-refractivity contribution in [3.05, 3.63) is 29.3 Å². The molecule has 0 heterocycles. The van der Waals surface area contributed by atoms with Crippen molar-refractivity contribution in [1.82, 2.24) is 0 Å². The van der Waals surface area contributed by atoms with E-state index in [1.54, 1.807) is 0 Å². The Morgan fingerprint density at radius 3 is 2.62 bits per heavy atom. The van der Waals surface area contributed by atoms with Gasteiger partial charge in [-0.1, -0.05) is 37.0 Å². The highest BCUT2D eigenvalue weighted by Gasteiger charge is 2.55. The summed E-state index contributed by atoms with van der Waals surface area (Å²) in [6.07, 6.45) is 8.45. The summed E-state index contributed by atoms with van der Waals surface area (Å²) < 4.78 is 6.05. The lowest BCUT2D eigenvalue weighted by atomic mass is 9.55. The third-order valence-electron chi connectivity index (χ3n) is 5.65. The maximum Gasteiger partial charge on any atom is 0.0670 e. The monoisotopic (exact) mass is 287 g/mol. The van der Waals surface area contributed by atoms with Crippen LogP contribution in [-0.2, 0) is 4.74 Å². The Kier molecular flexibility index (Phi) is 4.26. The molecule has 21 heavy (non-hydrogen) atoms. The first-order valence-electron chi connectivity index (χ1n) is 8.61. The van der Waals surface area contributed by atoms with Crippen LogP contribution in [0.2, 0.25) is 0 Å². The van der Waals surface area contributed by atoms with Crippen LogP contribution in [0.1, 0.15) is 56.6 Å². The molecule has 1 N–H and O–H groups in total. The van der Waals surface area contributed by atoms with Gasteiger partial charge in [-0.05, 0) is 51.7 Å². The van der Waals surface area contributed by atoms with Crippen LogP contribution in [-0.4, -0.2) is 18.8 Å². The highest BCUT2D eigenvalue weighted by Crippen LogP contribution is 2.54. The predicted molar refractivity (Wildman–Crippen MR) is 88.9 cm³/mol. The number of benzene rings is 1. The molecule has 1 spiro atoms. The van der Waals surface area contributed by atoms with E-state index in [1.807, 2.05) is 0 Å². The molecule has 2 saturated carbocycles. The fraction of sp³-hybridized carbons (Fsp3) is 0.684. The lowest BCUT2D eigenvalue weighted by molar-refractivity contribution is -0.134. The summed E-state index contributed by atoms with van der Waals surface area (Å²) in [5.74, 6) is 0. The van der Waals surface area contributed by atoms with Crippen LogP contribution in [0.15, 0.2) is 18.2 Å². The fourth-order valence-corrected chi connectivity index (χ4v) is 4.43. The summed E-state index contributed by atoms with van der Waals surface area (Å²) in [5.41, 5.74) is 4.41. The van der Waals surface area contributed by atoms with Gasteiger partial charge >= 0.3 is 0 Å². The van der Waals surface area contributed by atoms with Gasteiger partial charge in [-0.15, -0.1) is 0 Å². The third kappa shape index (κ3) is 2.70. The predicted octanol–water partition coefficient (Wildman–Crippen LogP) is 4.84. The molecule has 1 aromatic rings. The first kappa shape index (κ1) is 14.9. The van der Waals surface area contributed by atoms with Gasteiger partial charge in [0.2, 0.25) is 0 Å². The summed E-state index contributed by atoms with van der Waals surface area (Å²) in [6.45, 7) is 7.35. The van der Waals surface area contributed by atoms with E-state index in [0.29, 0.717) is 17.6 Å². The second kappa shape index (κ2) is 6.00. The Morgan fingerprint density at radius 2 is 1.95 bits per heavy atom. The molecule has 1 aromatic carbocycles. The van der Waals surface area contributed by atoms with Gasteiger partial charge in [-0.3, -0.25) is 0 Å². The maximum absolute atomic E-state index is 6.05. The van der Waals surface area contributed by atoms with Crippen molar-refractivity contribution in [2.24, 2.45) is 5.41 Å². The van der Waals surface area contributed by atoms with E-state index >= 15 is 0 Å². The zero-order valence-corrected chi connectivity index (χ0v) is 13.7. The average molecular weight is 287 g/mol. The van der Waals surface area contributed by atoms with Crippen molar-refractivity contribution in [3.8, 4) is 0 Å². The van der Waals surface area contributed by atoms with Crippen LogP contribution in [0.4, 0.5) is 5.69 Å². The van der Waals surface area contributed by atoms with Gasteiger partial charge in [0.15, 0.2) is 0 Å². The SMILES string of the molecule is CCOC1CC(Nc2ccc(C)cc2C)C12CCCCC2. The molecule has 0 aliphatic heterocycles. The van der Waals surface area contributed by atoms with Gasteiger partial charge in [-0.25, -0.2) is 0 Å². The lowest BCUT2D eigenvalue weighted by Crippen LogP contribution is -2.62. The fourth-order valence-electron chi connectivity index (χ4n) is 4.43. The van der Waals surface area contributed by atoms with E-state index in [-0.39, 0.29) is 0 Å². The highest BCUT2D eigenvalue weighted by atomic mass is 16.5. The summed E-state index contributed by atoms with van der Waals surface area (Å²) >= 11 is 0. The van der Waals surface area contributed by atoms with Crippen LogP contribution < -0.4 is 5.32 Å². The highest BCUT2D eigenvalue weighted by molar-refractivity contribution is 5.53. The smallest absolute Gasteiger partial charge is 0.0670 e. The largest absolute Gasteiger partial charge is 0.381 e. The van der Waals surface area contributed by atoms with E-state index in [1.165, 1.54) is 55.3 Å². The molecule has 0 radical (unpaired) electrons. The molecular formula is C19H29NO. The van der Waals surface area contributed by atoms with E-state index in [0.717, 1.165) is 6.61 Å². The van der Waals surface area contributed by atoms with Gasteiger partial charge in [-0.2, -0.15) is 0 Å². The number of rotatable bonds is 4. The molecule has 2 nitrogen and oxygen atoms in total. The molecule has 2 heteroatoms. The summed E-state index contributed by atoms with van der Waals surface area (Å²) in [7, 11) is 0. The number of hydrogen-bond acceptors (Lipinski definition) is 2. The van der Waals surface area contributed by atoms with E-state index in [9.17, 15) is 0 Å². The second-order valence-electron chi connectivity index (χ2n) is 6.99. The Morgan fingerprint density at radius 1 is 1.19 bits per heavy atom. The minimum Gasteiger partial charge on any atom is -0.381 e. The van der Waals surface area contributed by atoms with Crippen LogP contribution in [0.5, 0.6) is 0 Å². The van der Waals surface area contributed by atoms with Crippen molar-refractivity contribution in [2.45, 2.75) is 71.4 Å². The molecule has 0 saturated heterocycles. The van der Waals surface area contributed by atoms with Crippen LogP contribution in [0, 0.1) is 19.3 Å². The maximum atomic E-state index is 6.05. The molecule has 2 aliphatic rings. The first-order chi connectivity index (χ1) is 10.2. The molecule has 2 atom stereocenters. The Balaban J connectivity index is 1.75. The molecular weight excluding hydrogens is 258 g/mol. The lowest BCUT2D eigenvalue weighted by Gasteiger charge is -2.58. The summed E-state index contributed by atoms with van der Waals surface area (Å²) in [6, 6.07) is 7.32. The zero-order valence-electron chi connectivity index (χ0n) is 13.7. The van der Waals surface area contributed by atoms with Crippen molar-refractivity contribution in [1.29, 1.82) is 0 Å². The van der Waals surface area contributed by atoms with Gasteiger partial charge in [0, 0.05) is 23.8 Å².